The summed E-state index contributed by atoms with van der Waals surface area (Å²) in [6.45, 7) is 0.894. The molecule has 94 valence electrons. The molecule has 2 nitrogen and oxygen atoms in total. The molecule has 0 aliphatic rings. The van der Waals surface area contributed by atoms with Gasteiger partial charge >= 0.3 is 0 Å². The van der Waals surface area contributed by atoms with Crippen molar-refractivity contribution in [2.24, 2.45) is 0 Å². The molecule has 1 aromatic heterocycles. The van der Waals surface area contributed by atoms with Crippen LogP contribution in [0.3, 0.4) is 0 Å². The molecular formula is C17H16N2. The van der Waals surface area contributed by atoms with Crippen molar-refractivity contribution in [2.45, 2.75) is 6.54 Å². The smallest absolute Gasteiger partial charge is 0.0432 e. The Hall–Kier alpha value is -2.35. The molecule has 0 fully saturated rings. The van der Waals surface area contributed by atoms with Crippen LogP contribution in [-0.2, 0) is 6.54 Å². The van der Waals surface area contributed by atoms with Gasteiger partial charge in [0, 0.05) is 31.7 Å². The number of aromatic nitrogens is 1. The number of nitrogens with zero attached hydrogens (tertiary/aromatic N) is 2. The van der Waals surface area contributed by atoms with Crippen LogP contribution >= 0.6 is 0 Å². The maximum absolute atomic E-state index is 4.06. The number of benzene rings is 2. The van der Waals surface area contributed by atoms with Crippen LogP contribution in [0, 0.1) is 0 Å². The first kappa shape index (κ1) is 11.7. The maximum Gasteiger partial charge on any atom is 0.0432 e. The fourth-order valence-electron chi connectivity index (χ4n) is 2.38. The van der Waals surface area contributed by atoms with Crippen molar-refractivity contribution in [3.8, 4) is 0 Å². The van der Waals surface area contributed by atoms with E-state index in [-0.39, 0.29) is 0 Å². The normalized spacial score (nSPS) is 10.6. The molecule has 0 aliphatic carbocycles. The summed E-state index contributed by atoms with van der Waals surface area (Å²) < 4.78 is 0. The molecule has 0 aliphatic heterocycles. The van der Waals surface area contributed by atoms with Gasteiger partial charge in [-0.3, -0.25) is 4.98 Å². The molecule has 19 heavy (non-hydrogen) atoms. The molecule has 0 unspecified atom stereocenters. The van der Waals surface area contributed by atoms with Gasteiger partial charge in [0.05, 0.1) is 0 Å². The zero-order chi connectivity index (χ0) is 13.1. The number of hydrogen-bond donors (Lipinski definition) is 0. The summed E-state index contributed by atoms with van der Waals surface area (Å²) >= 11 is 0. The first-order valence-electron chi connectivity index (χ1n) is 6.42. The van der Waals surface area contributed by atoms with Gasteiger partial charge in [0.1, 0.15) is 0 Å². The molecule has 0 atom stereocenters. The van der Waals surface area contributed by atoms with E-state index in [0.717, 1.165) is 6.54 Å². The molecule has 0 radical (unpaired) electrons. The summed E-state index contributed by atoms with van der Waals surface area (Å²) in [6.07, 6.45) is 3.66. The van der Waals surface area contributed by atoms with Gasteiger partial charge in [0.15, 0.2) is 0 Å². The predicted octanol–water partition coefficient (Wildman–Crippen LogP) is 3.87. The molecule has 0 amide bonds. The SMILES string of the molecule is CN(Cc1cccc2ccccc12)c1ccncc1. The minimum absolute atomic E-state index is 0.894. The van der Waals surface area contributed by atoms with Crippen molar-refractivity contribution >= 4 is 16.5 Å². The van der Waals surface area contributed by atoms with E-state index >= 15 is 0 Å². The molecule has 3 aromatic rings. The van der Waals surface area contributed by atoms with Gasteiger partial charge in [-0.1, -0.05) is 42.5 Å². The summed E-state index contributed by atoms with van der Waals surface area (Å²) in [7, 11) is 2.11. The third-order valence-corrected chi connectivity index (χ3v) is 3.39. The predicted molar refractivity (Wildman–Crippen MR) is 80.3 cm³/mol. The van der Waals surface area contributed by atoms with Gasteiger partial charge in [0.2, 0.25) is 0 Å². The standard InChI is InChI=1S/C17H16N2/c1-19(16-9-11-18-12-10-16)13-15-7-4-6-14-5-2-3-8-17(14)15/h2-12H,13H2,1H3. The highest BCUT2D eigenvalue weighted by atomic mass is 15.1. The van der Waals surface area contributed by atoms with Crippen LogP contribution < -0.4 is 4.90 Å². The molecule has 0 bridgehead atoms. The zero-order valence-electron chi connectivity index (χ0n) is 11.0. The van der Waals surface area contributed by atoms with E-state index in [1.807, 2.05) is 24.5 Å². The summed E-state index contributed by atoms with van der Waals surface area (Å²) in [5.41, 5.74) is 2.53. The Bertz CT molecular complexity index is 672. The number of pyridine rings is 1. The van der Waals surface area contributed by atoms with Gasteiger partial charge in [-0.25, -0.2) is 0 Å². The topological polar surface area (TPSA) is 16.1 Å². The van der Waals surface area contributed by atoms with Crippen LogP contribution in [0.25, 0.3) is 10.8 Å². The molecule has 0 N–H and O–H groups in total. The lowest BCUT2D eigenvalue weighted by Gasteiger charge is -2.20. The molecule has 2 heteroatoms. The minimum Gasteiger partial charge on any atom is -0.370 e. The van der Waals surface area contributed by atoms with Gasteiger partial charge in [-0.05, 0) is 28.5 Å². The Morgan fingerprint density at radius 1 is 0.895 bits per heavy atom. The van der Waals surface area contributed by atoms with E-state index in [2.05, 4.69) is 59.4 Å². The molecule has 1 heterocycles. The lowest BCUT2D eigenvalue weighted by Crippen LogP contribution is -2.16. The highest BCUT2D eigenvalue weighted by molar-refractivity contribution is 5.85. The lowest BCUT2D eigenvalue weighted by molar-refractivity contribution is 0.928. The summed E-state index contributed by atoms with van der Waals surface area (Å²) in [4.78, 5) is 6.30. The minimum atomic E-state index is 0.894. The fourth-order valence-corrected chi connectivity index (χ4v) is 2.38. The molecule has 2 aromatic carbocycles. The highest BCUT2D eigenvalue weighted by Crippen LogP contribution is 2.21. The molecule has 3 rings (SSSR count). The van der Waals surface area contributed by atoms with Crippen LogP contribution in [0.1, 0.15) is 5.56 Å². The van der Waals surface area contributed by atoms with Crippen molar-refractivity contribution in [1.29, 1.82) is 0 Å². The van der Waals surface area contributed by atoms with Gasteiger partial charge in [-0.15, -0.1) is 0 Å². The number of rotatable bonds is 3. The number of anilines is 1. The first-order chi connectivity index (χ1) is 9.34. The molecular weight excluding hydrogens is 232 g/mol. The highest BCUT2D eigenvalue weighted by Gasteiger charge is 2.04. The Morgan fingerprint density at radius 2 is 1.63 bits per heavy atom. The van der Waals surface area contributed by atoms with Gasteiger partial charge in [0.25, 0.3) is 0 Å². The quantitative estimate of drug-likeness (QED) is 0.699. The second kappa shape index (κ2) is 5.11. The Morgan fingerprint density at radius 3 is 2.47 bits per heavy atom. The van der Waals surface area contributed by atoms with E-state index in [4.69, 9.17) is 0 Å². The van der Waals surface area contributed by atoms with Crippen LogP contribution in [0.4, 0.5) is 5.69 Å². The fraction of sp³-hybridized carbons (Fsp3) is 0.118. The van der Waals surface area contributed by atoms with Crippen molar-refractivity contribution < 1.29 is 0 Å². The number of fused-ring (bicyclic) bond motifs is 1. The second-order valence-electron chi connectivity index (χ2n) is 4.70. The molecule has 0 saturated heterocycles. The van der Waals surface area contributed by atoms with Crippen molar-refractivity contribution in [3.63, 3.8) is 0 Å². The van der Waals surface area contributed by atoms with Crippen LogP contribution in [0.15, 0.2) is 67.0 Å². The average Bonchev–Trinajstić information content (AvgIpc) is 2.48. The Kier molecular flexibility index (Phi) is 3.15. The van der Waals surface area contributed by atoms with Crippen molar-refractivity contribution in [1.82, 2.24) is 4.98 Å². The first-order valence-corrected chi connectivity index (χ1v) is 6.42. The largest absolute Gasteiger partial charge is 0.370 e. The summed E-state index contributed by atoms with van der Waals surface area (Å²) in [5, 5.41) is 2.62. The summed E-state index contributed by atoms with van der Waals surface area (Å²) in [5.74, 6) is 0. The third kappa shape index (κ3) is 2.43. The number of hydrogen-bond acceptors (Lipinski definition) is 2. The van der Waals surface area contributed by atoms with E-state index < -0.39 is 0 Å². The lowest BCUT2D eigenvalue weighted by atomic mass is 10.0. The van der Waals surface area contributed by atoms with Crippen LogP contribution in [0.2, 0.25) is 0 Å². The maximum atomic E-state index is 4.06. The zero-order valence-corrected chi connectivity index (χ0v) is 11.0. The second-order valence-corrected chi connectivity index (χ2v) is 4.70. The van der Waals surface area contributed by atoms with E-state index in [1.54, 1.807) is 0 Å². The van der Waals surface area contributed by atoms with E-state index in [0.29, 0.717) is 0 Å². The Balaban J connectivity index is 1.94. The van der Waals surface area contributed by atoms with E-state index in [9.17, 15) is 0 Å². The van der Waals surface area contributed by atoms with Crippen LogP contribution in [-0.4, -0.2) is 12.0 Å². The third-order valence-electron chi connectivity index (χ3n) is 3.39. The molecule has 0 saturated carbocycles. The van der Waals surface area contributed by atoms with Gasteiger partial charge < -0.3 is 4.90 Å². The Labute approximate surface area is 113 Å². The van der Waals surface area contributed by atoms with E-state index in [1.165, 1.54) is 22.0 Å². The molecule has 0 spiro atoms. The van der Waals surface area contributed by atoms with Crippen molar-refractivity contribution in [2.75, 3.05) is 11.9 Å². The van der Waals surface area contributed by atoms with Gasteiger partial charge in [-0.2, -0.15) is 0 Å². The van der Waals surface area contributed by atoms with Crippen molar-refractivity contribution in [3.05, 3.63) is 72.6 Å². The average molecular weight is 248 g/mol. The monoisotopic (exact) mass is 248 g/mol. The van der Waals surface area contributed by atoms with Crippen LogP contribution in [0.5, 0.6) is 0 Å². The summed E-state index contributed by atoms with van der Waals surface area (Å²) in [6, 6.07) is 19.1.